The Balaban J connectivity index is 2.47. The highest BCUT2D eigenvalue weighted by atomic mass is 32.2. The van der Waals surface area contributed by atoms with Gasteiger partial charge < -0.3 is 5.73 Å². The Morgan fingerprint density at radius 2 is 1.80 bits per heavy atom. The predicted octanol–water partition coefficient (Wildman–Crippen LogP) is 2.92. The number of carbonyl (C=O) groups excluding carboxylic acids is 1. The summed E-state index contributed by atoms with van der Waals surface area (Å²) in [6, 6.07) is 7.07. The first-order chi connectivity index (χ1) is 13.8. The van der Waals surface area contributed by atoms with Crippen molar-refractivity contribution in [2.45, 2.75) is 24.4 Å². The van der Waals surface area contributed by atoms with Crippen molar-refractivity contribution in [1.29, 1.82) is 0 Å². The van der Waals surface area contributed by atoms with Gasteiger partial charge in [0.1, 0.15) is 0 Å². The molecule has 3 rings (SSSR count). The Bertz CT molecular complexity index is 1340. The van der Waals surface area contributed by atoms with Crippen molar-refractivity contribution in [3.63, 3.8) is 0 Å². The zero-order valence-corrected chi connectivity index (χ0v) is 16.2. The number of aromatic nitrogens is 1. The van der Waals surface area contributed by atoms with Crippen LogP contribution >= 0.6 is 0 Å². The van der Waals surface area contributed by atoms with Crippen LogP contribution in [0, 0.1) is 0 Å². The van der Waals surface area contributed by atoms with Crippen LogP contribution in [0.25, 0.3) is 16.6 Å². The molecule has 0 bridgehead atoms. The predicted molar refractivity (Wildman–Crippen MR) is 102 cm³/mol. The molecule has 1 heterocycles. The van der Waals surface area contributed by atoms with Gasteiger partial charge in [0.25, 0.3) is 15.7 Å². The van der Waals surface area contributed by atoms with E-state index in [9.17, 15) is 35.7 Å². The van der Waals surface area contributed by atoms with Crippen LogP contribution < -0.4 is 11.3 Å². The van der Waals surface area contributed by atoms with E-state index in [1.54, 1.807) is 6.92 Å². The van der Waals surface area contributed by atoms with E-state index in [-0.39, 0.29) is 16.8 Å². The third-order valence-electron chi connectivity index (χ3n) is 4.58. The van der Waals surface area contributed by atoms with Gasteiger partial charge in [-0.1, -0.05) is 6.92 Å². The normalized spacial score (nSPS) is 12.3. The Morgan fingerprint density at radius 1 is 1.13 bits per heavy atom. The first-order valence-electron chi connectivity index (χ1n) is 8.52. The van der Waals surface area contributed by atoms with E-state index in [2.05, 4.69) is 0 Å². The number of primary amides is 1. The average Bonchev–Trinajstić information content (AvgIpc) is 2.65. The first-order valence-corrected chi connectivity index (χ1v) is 9.96. The fraction of sp³-hybridized carbons (Fsp3) is 0.158. The minimum Gasteiger partial charge on any atom is -0.366 e. The maximum atomic E-state index is 13.5. The average molecular weight is 440 g/mol. The summed E-state index contributed by atoms with van der Waals surface area (Å²) in [5.74, 6) is -0.710. The number of hydrogen-bond donors (Lipinski definition) is 2. The Hall–Kier alpha value is -3.18. The summed E-state index contributed by atoms with van der Waals surface area (Å²) in [6.07, 6.45) is -4.62. The molecule has 0 aliphatic rings. The van der Waals surface area contributed by atoms with Crippen molar-refractivity contribution in [3.8, 4) is 5.69 Å². The lowest BCUT2D eigenvalue weighted by molar-refractivity contribution is -0.136. The van der Waals surface area contributed by atoms with E-state index in [4.69, 9.17) is 5.73 Å². The first kappa shape index (κ1) is 21.5. The quantitative estimate of drug-likeness (QED) is 0.605. The van der Waals surface area contributed by atoms with Crippen molar-refractivity contribution < 1.29 is 30.9 Å². The fourth-order valence-corrected chi connectivity index (χ4v) is 3.70. The monoisotopic (exact) mass is 440 g/mol. The van der Waals surface area contributed by atoms with Crippen molar-refractivity contribution >= 4 is 26.9 Å². The Labute approximate surface area is 168 Å². The van der Waals surface area contributed by atoms with E-state index in [0.29, 0.717) is 24.1 Å². The van der Waals surface area contributed by atoms with Gasteiger partial charge in [-0.2, -0.15) is 21.6 Å². The topological polar surface area (TPSA) is 119 Å². The molecule has 0 fully saturated rings. The summed E-state index contributed by atoms with van der Waals surface area (Å²) in [5.41, 5.74) is 3.54. The lowest BCUT2D eigenvalue weighted by Gasteiger charge is -2.18. The van der Waals surface area contributed by atoms with Crippen LogP contribution in [0.1, 0.15) is 28.4 Å². The highest BCUT2D eigenvalue weighted by molar-refractivity contribution is 7.85. The van der Waals surface area contributed by atoms with E-state index >= 15 is 0 Å². The summed E-state index contributed by atoms with van der Waals surface area (Å²) in [5, 5.41) is -0.585. The number of benzene rings is 2. The number of aryl methyl sites for hydroxylation is 1. The molecule has 1 amide bonds. The van der Waals surface area contributed by atoms with Crippen LogP contribution in [-0.2, 0) is 22.7 Å². The third-order valence-corrected chi connectivity index (χ3v) is 5.43. The number of carbonyl (C=O) groups is 1. The number of nitrogens with zero attached hydrogens (tertiary/aromatic N) is 1. The number of hydrogen-bond acceptors (Lipinski definition) is 4. The number of pyridine rings is 1. The van der Waals surface area contributed by atoms with Gasteiger partial charge in [0, 0.05) is 17.0 Å². The van der Waals surface area contributed by atoms with Crippen LogP contribution in [0.5, 0.6) is 0 Å². The molecule has 11 heteroatoms. The van der Waals surface area contributed by atoms with Crippen LogP contribution in [0.15, 0.2) is 52.2 Å². The van der Waals surface area contributed by atoms with E-state index in [0.717, 1.165) is 16.7 Å². The highest BCUT2D eigenvalue weighted by Crippen LogP contribution is 2.35. The van der Waals surface area contributed by atoms with E-state index in [1.807, 2.05) is 0 Å². The Kier molecular flexibility index (Phi) is 5.21. The molecule has 0 unspecified atom stereocenters. The molecule has 158 valence electrons. The summed E-state index contributed by atoms with van der Waals surface area (Å²) in [4.78, 5) is 23.4. The second-order valence-corrected chi connectivity index (χ2v) is 7.87. The third kappa shape index (κ3) is 3.81. The molecular weight excluding hydrogens is 425 g/mol. The molecule has 0 saturated heterocycles. The van der Waals surface area contributed by atoms with Gasteiger partial charge in [0.2, 0.25) is 5.91 Å². The maximum Gasteiger partial charge on any atom is 0.417 e. The summed E-state index contributed by atoms with van der Waals surface area (Å²) in [6.45, 7) is 1.72. The van der Waals surface area contributed by atoms with Crippen LogP contribution in [0.4, 0.5) is 13.2 Å². The largest absolute Gasteiger partial charge is 0.417 e. The molecule has 0 radical (unpaired) electrons. The lowest BCUT2D eigenvalue weighted by atomic mass is 10.0. The Morgan fingerprint density at radius 3 is 2.33 bits per heavy atom. The highest BCUT2D eigenvalue weighted by Gasteiger charge is 2.34. The molecule has 0 aliphatic heterocycles. The van der Waals surface area contributed by atoms with Crippen molar-refractivity contribution in [3.05, 3.63) is 69.5 Å². The zero-order chi connectivity index (χ0) is 22.4. The molecule has 0 atom stereocenters. The standard InChI is InChI=1S/C19H15F3N2O5S/c1-2-10-7-11(18(23)26)3-5-15(10)24-16-6-4-12(30(27,28)29)8-13(16)14(9-17(24)25)19(20,21)22/h3-9H,2H2,1H3,(H2,23,26)(H,27,28,29). The summed E-state index contributed by atoms with van der Waals surface area (Å²) in [7, 11) is -4.78. The van der Waals surface area contributed by atoms with Crippen molar-refractivity contribution in [2.75, 3.05) is 0 Å². The molecule has 2 aromatic carbocycles. The van der Waals surface area contributed by atoms with E-state index in [1.165, 1.54) is 18.2 Å². The molecule has 1 aromatic heterocycles. The molecule has 0 saturated carbocycles. The second kappa shape index (κ2) is 7.26. The van der Waals surface area contributed by atoms with E-state index < -0.39 is 43.6 Å². The molecule has 30 heavy (non-hydrogen) atoms. The van der Waals surface area contributed by atoms with Gasteiger partial charge in [-0.25, -0.2) is 0 Å². The number of alkyl halides is 3. The minimum atomic E-state index is -4.95. The second-order valence-electron chi connectivity index (χ2n) is 6.44. The van der Waals surface area contributed by atoms with Gasteiger partial charge >= 0.3 is 6.18 Å². The summed E-state index contributed by atoms with van der Waals surface area (Å²) >= 11 is 0. The number of amides is 1. The molecule has 7 nitrogen and oxygen atoms in total. The van der Waals surface area contributed by atoms with Gasteiger partial charge in [0.15, 0.2) is 0 Å². The number of nitrogens with two attached hydrogens (primary N) is 1. The zero-order valence-electron chi connectivity index (χ0n) is 15.4. The van der Waals surface area contributed by atoms with Crippen molar-refractivity contribution in [1.82, 2.24) is 4.57 Å². The number of fused-ring (bicyclic) bond motifs is 1. The molecular formula is C19H15F3N2O5S. The van der Waals surface area contributed by atoms with Gasteiger partial charge in [-0.15, -0.1) is 0 Å². The SMILES string of the molecule is CCc1cc(C(N)=O)ccc1-n1c(=O)cc(C(F)(F)F)c2cc(S(=O)(=O)O)ccc21. The molecule has 0 aliphatic carbocycles. The van der Waals surface area contributed by atoms with Crippen molar-refractivity contribution in [2.24, 2.45) is 5.73 Å². The number of halogens is 3. The molecule has 0 spiro atoms. The molecule has 3 aromatic rings. The van der Waals surface area contributed by atoms with Crippen LogP contribution in [-0.4, -0.2) is 23.4 Å². The smallest absolute Gasteiger partial charge is 0.366 e. The number of rotatable bonds is 4. The van der Waals surface area contributed by atoms with Crippen LogP contribution in [0.2, 0.25) is 0 Å². The fourth-order valence-electron chi connectivity index (χ4n) is 3.19. The van der Waals surface area contributed by atoms with Gasteiger partial charge in [0.05, 0.1) is 21.7 Å². The maximum absolute atomic E-state index is 13.5. The summed E-state index contributed by atoms with van der Waals surface area (Å²) < 4.78 is 73.7. The van der Waals surface area contributed by atoms with Gasteiger partial charge in [-0.3, -0.25) is 18.7 Å². The van der Waals surface area contributed by atoms with Crippen LogP contribution in [0.3, 0.4) is 0 Å². The minimum absolute atomic E-state index is 0.161. The molecule has 3 N–H and O–H groups in total. The lowest BCUT2D eigenvalue weighted by Crippen LogP contribution is -2.23. The van der Waals surface area contributed by atoms with Gasteiger partial charge in [-0.05, 0) is 48.4 Å².